The van der Waals surface area contributed by atoms with Gasteiger partial charge in [0.05, 0.1) is 0 Å². The Hall–Kier alpha value is -2.24. The van der Waals surface area contributed by atoms with Crippen LogP contribution >= 0.6 is 0 Å². The molecule has 1 N–H and O–H groups in total. The molecule has 4 bridgehead atoms. The lowest BCUT2D eigenvalue weighted by Crippen LogP contribution is -2.56. The maximum atomic E-state index is 12.5. The predicted molar refractivity (Wildman–Crippen MR) is 106 cm³/mol. The van der Waals surface area contributed by atoms with Crippen LogP contribution in [0.5, 0.6) is 11.5 Å². The smallest absolute Gasteiger partial charge is 0.351 e. The molecule has 1 aromatic rings. The number of carbonyl (C=O) groups is 2. The molecular weight excluding hydrogens is 370 g/mol. The summed E-state index contributed by atoms with van der Waals surface area (Å²) in [7, 11) is 0. The average Bonchev–Trinajstić information content (AvgIpc) is 2.70. The van der Waals surface area contributed by atoms with Crippen LogP contribution in [0.1, 0.15) is 45.4 Å². The zero-order valence-corrected chi connectivity index (χ0v) is 16.9. The summed E-state index contributed by atoms with van der Waals surface area (Å²) in [6.07, 6.45) is 6.98. The molecule has 6 heteroatoms. The van der Waals surface area contributed by atoms with Gasteiger partial charge in [0.25, 0.3) is 5.91 Å². The standard InChI is InChI=1S/C23H29NO5/c1-14(23-9-15-6-16(10-23)8-17(7-15)11-23)24-21(25)13-28-22(26)20-12-27-18-4-2-3-5-19(18)29-20/h2-5,14-17,20H,6-13H2,1H3,(H,24,25)/t14-,15?,16?,17?,20-,23?/m0/s1. The molecule has 0 radical (unpaired) electrons. The number of amides is 1. The van der Waals surface area contributed by atoms with Gasteiger partial charge in [-0.05, 0) is 80.8 Å². The second kappa shape index (κ2) is 7.22. The van der Waals surface area contributed by atoms with Crippen LogP contribution in [0.3, 0.4) is 0 Å². The molecule has 1 aliphatic heterocycles. The number of hydrogen-bond acceptors (Lipinski definition) is 5. The molecule has 1 amide bonds. The number of carbonyl (C=O) groups excluding carboxylic acids is 2. The molecule has 29 heavy (non-hydrogen) atoms. The van der Waals surface area contributed by atoms with Crippen molar-refractivity contribution in [3.8, 4) is 11.5 Å². The molecule has 6 rings (SSSR count). The number of rotatable bonds is 5. The molecule has 0 spiro atoms. The first-order chi connectivity index (χ1) is 14.0. The topological polar surface area (TPSA) is 73.9 Å². The Balaban J connectivity index is 1.12. The van der Waals surface area contributed by atoms with E-state index in [0.717, 1.165) is 17.8 Å². The Morgan fingerprint density at radius 3 is 2.38 bits per heavy atom. The van der Waals surface area contributed by atoms with Gasteiger partial charge in [-0.1, -0.05) is 12.1 Å². The third-order valence-corrected chi connectivity index (χ3v) is 7.50. The molecule has 156 valence electrons. The van der Waals surface area contributed by atoms with E-state index in [-0.39, 0.29) is 30.6 Å². The highest BCUT2D eigenvalue weighted by molar-refractivity contribution is 5.82. The monoisotopic (exact) mass is 399 g/mol. The maximum absolute atomic E-state index is 12.5. The van der Waals surface area contributed by atoms with E-state index in [1.165, 1.54) is 38.5 Å². The van der Waals surface area contributed by atoms with E-state index in [2.05, 4.69) is 12.2 Å². The number of nitrogens with one attached hydrogen (secondary N) is 1. The van der Waals surface area contributed by atoms with Crippen molar-refractivity contribution >= 4 is 11.9 Å². The van der Waals surface area contributed by atoms with Crippen molar-refractivity contribution in [2.75, 3.05) is 13.2 Å². The minimum Gasteiger partial charge on any atom is -0.485 e. The van der Waals surface area contributed by atoms with Crippen molar-refractivity contribution in [3.63, 3.8) is 0 Å². The van der Waals surface area contributed by atoms with E-state index in [9.17, 15) is 9.59 Å². The largest absolute Gasteiger partial charge is 0.485 e. The molecular formula is C23H29NO5. The molecule has 4 fully saturated rings. The number of ether oxygens (including phenoxy) is 3. The minimum absolute atomic E-state index is 0.0845. The van der Waals surface area contributed by atoms with Gasteiger partial charge in [0, 0.05) is 6.04 Å². The van der Waals surface area contributed by atoms with Gasteiger partial charge in [-0.3, -0.25) is 4.79 Å². The molecule has 0 unspecified atom stereocenters. The van der Waals surface area contributed by atoms with Gasteiger partial charge in [-0.15, -0.1) is 0 Å². The zero-order valence-electron chi connectivity index (χ0n) is 16.9. The third kappa shape index (κ3) is 3.58. The number of esters is 1. The zero-order chi connectivity index (χ0) is 20.0. The Kier molecular flexibility index (Phi) is 4.67. The fraction of sp³-hybridized carbons (Fsp3) is 0.652. The van der Waals surface area contributed by atoms with Crippen molar-refractivity contribution in [1.29, 1.82) is 0 Å². The molecule has 5 aliphatic rings. The van der Waals surface area contributed by atoms with Gasteiger partial charge in [0.15, 0.2) is 18.1 Å². The number of benzene rings is 1. The SMILES string of the molecule is C[C@H](NC(=O)COC(=O)[C@@H]1COc2ccccc2O1)C12CC3CC(CC(C3)C1)C2. The normalized spacial score (nSPS) is 35.1. The van der Waals surface area contributed by atoms with E-state index in [1.54, 1.807) is 12.1 Å². The van der Waals surface area contributed by atoms with Crippen molar-refractivity contribution in [3.05, 3.63) is 24.3 Å². The molecule has 6 nitrogen and oxygen atoms in total. The molecule has 0 aromatic heterocycles. The minimum atomic E-state index is -0.849. The Morgan fingerprint density at radius 2 is 1.72 bits per heavy atom. The Morgan fingerprint density at radius 1 is 1.10 bits per heavy atom. The average molecular weight is 399 g/mol. The third-order valence-electron chi connectivity index (χ3n) is 7.50. The van der Waals surface area contributed by atoms with E-state index in [1.807, 2.05) is 12.1 Å². The second-order valence-electron chi connectivity index (χ2n) is 9.54. The molecule has 4 saturated carbocycles. The van der Waals surface area contributed by atoms with Crippen molar-refractivity contribution in [1.82, 2.24) is 5.32 Å². The molecule has 1 aromatic carbocycles. The summed E-state index contributed by atoms with van der Waals surface area (Å²) < 4.78 is 16.4. The van der Waals surface area contributed by atoms with Crippen molar-refractivity contribution < 1.29 is 23.8 Å². The van der Waals surface area contributed by atoms with Gasteiger partial charge in [0.2, 0.25) is 6.10 Å². The van der Waals surface area contributed by atoms with Gasteiger partial charge in [0.1, 0.15) is 6.61 Å². The van der Waals surface area contributed by atoms with Crippen LogP contribution in [0.15, 0.2) is 24.3 Å². The second-order valence-corrected chi connectivity index (χ2v) is 9.54. The van der Waals surface area contributed by atoms with Gasteiger partial charge >= 0.3 is 5.97 Å². The van der Waals surface area contributed by atoms with Crippen LogP contribution < -0.4 is 14.8 Å². The van der Waals surface area contributed by atoms with E-state index < -0.39 is 12.1 Å². The van der Waals surface area contributed by atoms with Crippen LogP contribution in [-0.2, 0) is 14.3 Å². The van der Waals surface area contributed by atoms with Crippen LogP contribution in [0.4, 0.5) is 0 Å². The summed E-state index contributed by atoms with van der Waals surface area (Å²) in [5, 5.41) is 3.12. The first kappa shape index (κ1) is 18.8. The van der Waals surface area contributed by atoms with E-state index in [0.29, 0.717) is 11.5 Å². The van der Waals surface area contributed by atoms with Gasteiger partial charge in [-0.2, -0.15) is 0 Å². The molecule has 4 aliphatic carbocycles. The quantitative estimate of drug-likeness (QED) is 0.771. The highest BCUT2D eigenvalue weighted by Gasteiger charge is 2.53. The van der Waals surface area contributed by atoms with Gasteiger partial charge in [-0.25, -0.2) is 4.79 Å². The molecule has 2 atom stereocenters. The Bertz CT molecular complexity index is 771. The van der Waals surface area contributed by atoms with Crippen LogP contribution in [0.2, 0.25) is 0 Å². The predicted octanol–water partition coefficient (Wildman–Crippen LogP) is 3.09. The van der Waals surface area contributed by atoms with Crippen molar-refractivity contribution in [2.24, 2.45) is 23.2 Å². The molecule has 0 saturated heterocycles. The first-order valence-corrected chi connectivity index (χ1v) is 10.9. The van der Waals surface area contributed by atoms with E-state index >= 15 is 0 Å². The summed E-state index contributed by atoms with van der Waals surface area (Å²) in [5.41, 5.74) is 0.235. The first-order valence-electron chi connectivity index (χ1n) is 10.9. The van der Waals surface area contributed by atoms with E-state index in [4.69, 9.17) is 14.2 Å². The van der Waals surface area contributed by atoms with Crippen molar-refractivity contribution in [2.45, 2.75) is 57.6 Å². The van der Waals surface area contributed by atoms with Crippen LogP contribution in [0.25, 0.3) is 0 Å². The summed E-state index contributed by atoms with van der Waals surface area (Å²) in [5.74, 6) is 2.83. The Labute approximate surface area is 171 Å². The lowest BCUT2D eigenvalue weighted by atomic mass is 9.48. The summed E-state index contributed by atoms with van der Waals surface area (Å²) in [4.78, 5) is 24.8. The summed E-state index contributed by atoms with van der Waals surface area (Å²) >= 11 is 0. The number of hydrogen-bond donors (Lipinski definition) is 1. The van der Waals surface area contributed by atoms with Crippen LogP contribution in [-0.4, -0.2) is 37.2 Å². The van der Waals surface area contributed by atoms with Gasteiger partial charge < -0.3 is 19.5 Å². The fourth-order valence-corrected chi connectivity index (χ4v) is 6.51. The summed E-state index contributed by atoms with van der Waals surface area (Å²) in [6, 6.07) is 7.30. The maximum Gasteiger partial charge on any atom is 0.351 e. The highest BCUT2D eigenvalue weighted by atomic mass is 16.6. The fourth-order valence-electron chi connectivity index (χ4n) is 6.51. The summed E-state index contributed by atoms with van der Waals surface area (Å²) in [6.45, 7) is 1.93. The highest BCUT2D eigenvalue weighted by Crippen LogP contribution is 2.61. The number of fused-ring (bicyclic) bond motifs is 1. The molecule has 1 heterocycles. The van der Waals surface area contributed by atoms with Crippen LogP contribution in [0, 0.1) is 23.2 Å². The lowest BCUT2D eigenvalue weighted by molar-refractivity contribution is -0.158. The number of para-hydroxylation sites is 2. The lowest BCUT2D eigenvalue weighted by Gasteiger charge is -2.59.